The van der Waals surface area contributed by atoms with Gasteiger partial charge in [0.05, 0.1) is 11.1 Å². The summed E-state index contributed by atoms with van der Waals surface area (Å²) in [7, 11) is 0. The van der Waals surface area contributed by atoms with E-state index in [1.165, 1.54) is 88.0 Å². The summed E-state index contributed by atoms with van der Waals surface area (Å²) < 4.78 is 0. The molecule has 11 rings (SSSR count). The number of thioether (sulfide) groups is 1. The molecule has 4 aliphatic rings. The fourth-order valence-corrected chi connectivity index (χ4v) is 11.2. The maximum Gasteiger partial charge on any atom is 0.0836 e. The molecule has 0 bridgehead atoms. The maximum absolute atomic E-state index is 3.97. The van der Waals surface area contributed by atoms with Crippen LogP contribution in [0.25, 0.3) is 43.8 Å². The number of allylic oxidation sites excluding steroid dienone is 3. The zero-order chi connectivity index (χ0) is 36.3. The molecule has 7 aromatic rings. The van der Waals surface area contributed by atoms with Crippen LogP contribution in [0.1, 0.15) is 56.4 Å². The van der Waals surface area contributed by atoms with Crippen LogP contribution in [-0.4, -0.2) is 5.37 Å². The fraction of sp³-hybridized carbons (Fsp3) is 0.176. The quantitative estimate of drug-likeness (QED) is 0.183. The summed E-state index contributed by atoms with van der Waals surface area (Å²) in [6.45, 7) is 9.49. The van der Waals surface area contributed by atoms with Gasteiger partial charge in [0.2, 0.25) is 0 Å². The van der Waals surface area contributed by atoms with E-state index in [9.17, 15) is 0 Å². The highest BCUT2D eigenvalue weighted by Crippen LogP contribution is 2.54. The first-order chi connectivity index (χ1) is 26.3. The van der Waals surface area contributed by atoms with Crippen molar-refractivity contribution in [1.29, 1.82) is 0 Å². The molecule has 1 heterocycles. The summed E-state index contributed by atoms with van der Waals surface area (Å²) in [5, 5.41) is 9.44. The molecule has 2 atom stereocenters. The van der Waals surface area contributed by atoms with Crippen LogP contribution >= 0.6 is 11.8 Å². The molecule has 0 fully saturated rings. The van der Waals surface area contributed by atoms with Crippen molar-refractivity contribution in [3.8, 4) is 22.3 Å². The van der Waals surface area contributed by atoms with Crippen LogP contribution < -0.4 is 10.2 Å². The van der Waals surface area contributed by atoms with Gasteiger partial charge in [-0.2, -0.15) is 0 Å². The van der Waals surface area contributed by atoms with Gasteiger partial charge >= 0.3 is 0 Å². The average molecular weight is 715 g/mol. The minimum Gasteiger partial charge on any atom is -0.371 e. The van der Waals surface area contributed by atoms with Crippen LogP contribution in [0.2, 0.25) is 0 Å². The third-order valence-corrected chi connectivity index (χ3v) is 14.1. The van der Waals surface area contributed by atoms with Gasteiger partial charge in [-0.05, 0) is 110 Å². The Morgan fingerprint density at radius 2 is 1.15 bits per heavy atom. The van der Waals surface area contributed by atoms with Crippen molar-refractivity contribution in [3.63, 3.8) is 0 Å². The lowest BCUT2D eigenvalue weighted by Crippen LogP contribution is -2.21. The van der Waals surface area contributed by atoms with Crippen LogP contribution in [0.4, 0.5) is 22.7 Å². The summed E-state index contributed by atoms with van der Waals surface area (Å²) >= 11 is 1.97. The van der Waals surface area contributed by atoms with Crippen molar-refractivity contribution in [3.05, 3.63) is 174 Å². The van der Waals surface area contributed by atoms with Crippen molar-refractivity contribution in [2.24, 2.45) is 5.92 Å². The third kappa shape index (κ3) is 4.54. The summed E-state index contributed by atoms with van der Waals surface area (Å²) in [5.41, 5.74) is 15.6. The summed E-state index contributed by atoms with van der Waals surface area (Å²) in [6.07, 6.45) is 10.1. The predicted molar refractivity (Wildman–Crippen MR) is 231 cm³/mol. The molecule has 262 valence electrons. The highest BCUT2D eigenvalue weighted by Gasteiger charge is 2.38. The number of benzene rings is 7. The van der Waals surface area contributed by atoms with Gasteiger partial charge in [-0.25, -0.2) is 0 Å². The summed E-state index contributed by atoms with van der Waals surface area (Å²) in [6, 6.07) is 48.5. The molecule has 2 nitrogen and oxygen atoms in total. The number of nitrogens with zero attached hydrogens (tertiary/aromatic N) is 1. The van der Waals surface area contributed by atoms with E-state index in [1.807, 2.05) is 11.8 Å². The van der Waals surface area contributed by atoms with Crippen molar-refractivity contribution in [1.82, 2.24) is 0 Å². The fourth-order valence-electron chi connectivity index (χ4n) is 9.94. The lowest BCUT2D eigenvalue weighted by Gasteiger charge is -2.30. The SMILES string of the molecule is CC1(C)c2ccccc2-c2ccc(N(c3ccc4c(c3)C(C)(C)c3ccccc3-4)c3ccc4c(ccc5ccc6c(c54)NC(C4C=CC=CC4)S6)c3)cc21. The zero-order valence-corrected chi connectivity index (χ0v) is 32.0. The van der Waals surface area contributed by atoms with Crippen molar-refractivity contribution in [2.75, 3.05) is 10.2 Å². The number of nitrogens with one attached hydrogen (secondary N) is 1. The molecule has 0 spiro atoms. The van der Waals surface area contributed by atoms with Crippen molar-refractivity contribution < 1.29 is 0 Å². The number of fused-ring (bicyclic) bond motifs is 11. The molecular formula is C51H42N2S. The van der Waals surface area contributed by atoms with E-state index in [4.69, 9.17) is 0 Å². The van der Waals surface area contributed by atoms with Gasteiger partial charge in [0.15, 0.2) is 0 Å². The smallest absolute Gasteiger partial charge is 0.0836 e. The standard InChI is InChI=1S/C51H42N2S/c1-50(2)42-16-10-8-14-38(42)40-25-22-35(29-44(40)50)53(36-23-26-41-39-15-9-11-17-43(39)51(3,4)45(41)30-36)34-21-24-37-33(28-34)19-18-31-20-27-46-48(47(31)37)52-49(54-46)32-12-6-5-7-13-32/h5-12,14-30,32,49,52H,13H2,1-4H3. The minimum atomic E-state index is -0.0928. The van der Waals surface area contributed by atoms with Gasteiger partial charge in [-0.15, -0.1) is 0 Å². The molecular weight excluding hydrogens is 673 g/mol. The van der Waals surface area contributed by atoms with Gasteiger partial charge in [0, 0.05) is 44.1 Å². The van der Waals surface area contributed by atoms with E-state index in [1.54, 1.807) is 0 Å². The second-order valence-electron chi connectivity index (χ2n) is 16.5. The Morgan fingerprint density at radius 1 is 0.574 bits per heavy atom. The van der Waals surface area contributed by atoms with Gasteiger partial charge in [0.25, 0.3) is 0 Å². The van der Waals surface area contributed by atoms with E-state index in [2.05, 4.69) is 190 Å². The Hall–Kier alpha value is -5.51. The zero-order valence-electron chi connectivity index (χ0n) is 31.2. The summed E-state index contributed by atoms with van der Waals surface area (Å²) in [5.74, 6) is 0.479. The Morgan fingerprint density at radius 3 is 1.80 bits per heavy atom. The topological polar surface area (TPSA) is 15.3 Å². The normalized spacial score (nSPS) is 19.3. The highest BCUT2D eigenvalue weighted by molar-refractivity contribution is 8.00. The first-order valence-electron chi connectivity index (χ1n) is 19.3. The van der Waals surface area contributed by atoms with Gasteiger partial charge in [-0.3, -0.25) is 0 Å². The molecule has 7 aromatic carbocycles. The molecule has 0 saturated heterocycles. The lowest BCUT2D eigenvalue weighted by molar-refractivity contribution is 0.660. The molecule has 54 heavy (non-hydrogen) atoms. The van der Waals surface area contributed by atoms with Gasteiger partial charge < -0.3 is 10.2 Å². The number of rotatable bonds is 4. The Balaban J connectivity index is 1.08. The second kappa shape index (κ2) is 11.5. The molecule has 1 N–H and O–H groups in total. The van der Waals surface area contributed by atoms with E-state index >= 15 is 0 Å². The minimum absolute atomic E-state index is 0.0928. The number of hydrogen-bond acceptors (Lipinski definition) is 3. The monoisotopic (exact) mass is 714 g/mol. The van der Waals surface area contributed by atoms with Crippen molar-refractivity contribution in [2.45, 2.75) is 55.2 Å². The number of anilines is 4. The molecule has 3 heteroatoms. The van der Waals surface area contributed by atoms with E-state index in [0.717, 1.165) is 12.1 Å². The lowest BCUT2D eigenvalue weighted by atomic mass is 9.82. The van der Waals surface area contributed by atoms with Gasteiger partial charge in [0.1, 0.15) is 0 Å². The molecule has 2 unspecified atom stereocenters. The molecule has 0 saturated carbocycles. The molecule has 0 amide bonds. The average Bonchev–Trinajstić information content (AvgIpc) is 3.82. The van der Waals surface area contributed by atoms with Crippen LogP contribution in [0.5, 0.6) is 0 Å². The second-order valence-corrected chi connectivity index (χ2v) is 17.7. The highest BCUT2D eigenvalue weighted by atomic mass is 32.2. The maximum atomic E-state index is 3.97. The van der Waals surface area contributed by atoms with E-state index in [0.29, 0.717) is 11.3 Å². The molecule has 1 aliphatic heterocycles. The first-order valence-corrected chi connectivity index (χ1v) is 20.2. The number of hydrogen-bond donors (Lipinski definition) is 1. The molecule has 3 aliphatic carbocycles. The largest absolute Gasteiger partial charge is 0.371 e. The van der Waals surface area contributed by atoms with Crippen LogP contribution in [0, 0.1) is 5.92 Å². The molecule has 0 radical (unpaired) electrons. The Bertz CT molecular complexity index is 2680. The third-order valence-electron chi connectivity index (χ3n) is 12.8. The van der Waals surface area contributed by atoms with Crippen LogP contribution in [-0.2, 0) is 10.8 Å². The Kier molecular flexibility index (Phi) is 6.81. The van der Waals surface area contributed by atoms with Gasteiger partial charge in [-0.1, -0.05) is 149 Å². The van der Waals surface area contributed by atoms with E-state index < -0.39 is 0 Å². The summed E-state index contributed by atoms with van der Waals surface area (Å²) in [4.78, 5) is 3.84. The van der Waals surface area contributed by atoms with Crippen LogP contribution in [0.3, 0.4) is 0 Å². The first kappa shape index (κ1) is 32.0. The molecule has 0 aromatic heterocycles. The van der Waals surface area contributed by atoms with E-state index in [-0.39, 0.29) is 10.8 Å². The Labute approximate surface area is 322 Å². The van der Waals surface area contributed by atoms with Crippen molar-refractivity contribution >= 4 is 56.1 Å². The predicted octanol–water partition coefficient (Wildman–Crippen LogP) is 14.1. The van der Waals surface area contributed by atoms with Crippen LogP contribution in [0.15, 0.2) is 157 Å².